The average Bonchev–Trinajstić information content (AvgIpc) is 2.86. The molecule has 0 fully saturated rings. The summed E-state index contributed by atoms with van der Waals surface area (Å²) in [5, 5.41) is 28.7. The number of hydrogen-bond donors (Lipinski definition) is 3. The van der Waals surface area contributed by atoms with E-state index in [2.05, 4.69) is 15.6 Å². The monoisotopic (exact) mass is 276 g/mol. The minimum Gasteiger partial charge on any atom is -0.479 e. The Morgan fingerprint density at radius 3 is 2.85 bits per heavy atom. The summed E-state index contributed by atoms with van der Waals surface area (Å²) in [4.78, 5) is 11.4. The van der Waals surface area contributed by atoms with Gasteiger partial charge in [0, 0.05) is 5.69 Å². The maximum atomic E-state index is 11.4. The van der Waals surface area contributed by atoms with E-state index in [-0.39, 0.29) is 13.2 Å². The molecule has 1 unspecified atom stereocenters. The van der Waals surface area contributed by atoms with Gasteiger partial charge in [-0.2, -0.15) is 0 Å². The number of benzene rings is 1. The van der Waals surface area contributed by atoms with Gasteiger partial charge in [0.2, 0.25) is 0 Å². The van der Waals surface area contributed by atoms with Gasteiger partial charge < -0.3 is 15.5 Å². The lowest BCUT2D eigenvalue weighted by Gasteiger charge is -2.14. The number of para-hydroxylation sites is 1. The largest absolute Gasteiger partial charge is 0.479 e. The molecule has 1 aromatic carbocycles. The second kappa shape index (κ2) is 6.16. The molecule has 0 spiro atoms. The van der Waals surface area contributed by atoms with Crippen LogP contribution in [0.2, 0.25) is 0 Å². The topological polar surface area (TPSA) is 100 Å². The summed E-state index contributed by atoms with van der Waals surface area (Å²) in [6.07, 6.45) is 1.51. The van der Waals surface area contributed by atoms with E-state index >= 15 is 0 Å². The van der Waals surface area contributed by atoms with Crippen LogP contribution in [0.25, 0.3) is 0 Å². The third-order valence-electron chi connectivity index (χ3n) is 2.87. The lowest BCUT2D eigenvalue weighted by molar-refractivity contribution is -0.138. The van der Waals surface area contributed by atoms with E-state index < -0.39 is 12.0 Å². The van der Waals surface area contributed by atoms with Crippen molar-refractivity contribution >= 4 is 11.7 Å². The summed E-state index contributed by atoms with van der Waals surface area (Å²) >= 11 is 0. The van der Waals surface area contributed by atoms with Gasteiger partial charge >= 0.3 is 5.97 Å². The van der Waals surface area contributed by atoms with Crippen molar-refractivity contribution in [2.75, 3.05) is 11.9 Å². The van der Waals surface area contributed by atoms with E-state index in [1.807, 2.05) is 31.2 Å². The number of anilines is 1. The first-order chi connectivity index (χ1) is 9.61. The average molecular weight is 276 g/mol. The fourth-order valence-electron chi connectivity index (χ4n) is 1.81. The van der Waals surface area contributed by atoms with Crippen molar-refractivity contribution in [1.29, 1.82) is 0 Å². The highest BCUT2D eigenvalue weighted by Crippen LogP contribution is 2.21. The van der Waals surface area contributed by atoms with Gasteiger partial charge in [-0.3, -0.25) is 0 Å². The first-order valence-electron chi connectivity index (χ1n) is 6.17. The number of carboxylic acid groups (broad SMARTS) is 1. The lowest BCUT2D eigenvalue weighted by atomic mass is 10.1. The van der Waals surface area contributed by atoms with Crippen molar-refractivity contribution in [3.63, 3.8) is 0 Å². The number of aryl methyl sites for hydroxylation is 1. The molecule has 0 bridgehead atoms. The molecule has 2 rings (SSSR count). The van der Waals surface area contributed by atoms with E-state index in [0.717, 1.165) is 11.3 Å². The van der Waals surface area contributed by atoms with Crippen LogP contribution < -0.4 is 5.32 Å². The number of rotatable bonds is 6. The zero-order chi connectivity index (χ0) is 14.5. The SMILES string of the molecule is Cc1ccccc1NC(C(=O)O)c1cn(CCO)nn1. The Hall–Kier alpha value is -2.41. The van der Waals surface area contributed by atoms with Crippen LogP contribution in [0.3, 0.4) is 0 Å². The van der Waals surface area contributed by atoms with E-state index in [1.54, 1.807) is 0 Å². The molecule has 20 heavy (non-hydrogen) atoms. The van der Waals surface area contributed by atoms with Crippen LogP contribution in [-0.4, -0.2) is 37.8 Å². The molecule has 0 aliphatic carbocycles. The number of hydrogen-bond acceptors (Lipinski definition) is 5. The van der Waals surface area contributed by atoms with Gasteiger partial charge in [0.1, 0.15) is 5.69 Å². The summed E-state index contributed by atoms with van der Waals surface area (Å²) in [5.41, 5.74) is 1.98. The molecular weight excluding hydrogens is 260 g/mol. The van der Waals surface area contributed by atoms with Gasteiger partial charge in [0.05, 0.1) is 19.3 Å². The molecule has 1 heterocycles. The highest BCUT2D eigenvalue weighted by atomic mass is 16.4. The lowest BCUT2D eigenvalue weighted by Crippen LogP contribution is -2.21. The highest BCUT2D eigenvalue weighted by molar-refractivity contribution is 5.78. The maximum absolute atomic E-state index is 11.4. The van der Waals surface area contributed by atoms with Crippen LogP contribution in [0.5, 0.6) is 0 Å². The van der Waals surface area contributed by atoms with Gasteiger partial charge in [-0.1, -0.05) is 23.4 Å². The molecule has 0 amide bonds. The zero-order valence-corrected chi connectivity index (χ0v) is 11.0. The summed E-state index contributed by atoms with van der Waals surface area (Å²) in [6, 6.07) is 6.43. The highest BCUT2D eigenvalue weighted by Gasteiger charge is 2.23. The van der Waals surface area contributed by atoms with Crippen LogP contribution in [0, 0.1) is 6.92 Å². The fraction of sp³-hybridized carbons (Fsp3) is 0.308. The summed E-state index contributed by atoms with van der Waals surface area (Å²) < 4.78 is 1.41. The quantitative estimate of drug-likeness (QED) is 0.722. The van der Waals surface area contributed by atoms with Crippen LogP contribution in [-0.2, 0) is 11.3 Å². The molecule has 0 aliphatic rings. The van der Waals surface area contributed by atoms with Crippen molar-refractivity contribution in [3.8, 4) is 0 Å². The van der Waals surface area contributed by atoms with E-state index in [4.69, 9.17) is 5.11 Å². The van der Waals surface area contributed by atoms with Crippen molar-refractivity contribution < 1.29 is 15.0 Å². The van der Waals surface area contributed by atoms with Crippen molar-refractivity contribution in [2.45, 2.75) is 19.5 Å². The van der Waals surface area contributed by atoms with E-state index in [0.29, 0.717) is 5.69 Å². The number of carboxylic acids is 1. The summed E-state index contributed by atoms with van der Waals surface area (Å²) in [6.45, 7) is 2.10. The minimum atomic E-state index is -1.04. The Morgan fingerprint density at radius 2 is 2.20 bits per heavy atom. The van der Waals surface area contributed by atoms with Gasteiger partial charge in [-0.25, -0.2) is 9.48 Å². The molecule has 0 radical (unpaired) electrons. The number of aromatic nitrogens is 3. The second-order valence-corrected chi connectivity index (χ2v) is 4.36. The van der Waals surface area contributed by atoms with Crippen molar-refractivity contribution in [2.24, 2.45) is 0 Å². The molecule has 0 saturated carbocycles. The number of aliphatic hydroxyl groups excluding tert-OH is 1. The molecular formula is C13H16N4O3. The Bertz CT molecular complexity index is 597. The number of aliphatic hydroxyl groups is 1. The first kappa shape index (κ1) is 14.0. The number of nitrogens with one attached hydrogen (secondary N) is 1. The Balaban J connectivity index is 2.23. The number of carbonyl (C=O) groups is 1. The molecule has 0 saturated heterocycles. The molecule has 3 N–H and O–H groups in total. The van der Waals surface area contributed by atoms with Crippen molar-refractivity contribution in [1.82, 2.24) is 15.0 Å². The van der Waals surface area contributed by atoms with Gasteiger partial charge in [-0.15, -0.1) is 5.10 Å². The second-order valence-electron chi connectivity index (χ2n) is 4.36. The number of nitrogens with zero attached hydrogens (tertiary/aromatic N) is 3. The summed E-state index contributed by atoms with van der Waals surface area (Å²) in [5.74, 6) is -1.04. The van der Waals surface area contributed by atoms with Crippen molar-refractivity contribution in [3.05, 3.63) is 41.7 Å². The maximum Gasteiger partial charge on any atom is 0.332 e. The smallest absolute Gasteiger partial charge is 0.332 e. The molecule has 7 heteroatoms. The number of aliphatic carboxylic acids is 1. The standard InChI is InChI=1S/C13H16N4O3/c1-9-4-2-3-5-10(9)14-12(13(19)20)11-8-17(6-7-18)16-15-11/h2-5,8,12,14,18H,6-7H2,1H3,(H,19,20). The Morgan fingerprint density at radius 1 is 1.45 bits per heavy atom. The predicted octanol–water partition coefficient (Wildman–Crippen LogP) is 0.817. The van der Waals surface area contributed by atoms with Gasteiger partial charge in [-0.05, 0) is 18.6 Å². The Kier molecular flexibility index (Phi) is 4.31. The van der Waals surface area contributed by atoms with Crippen LogP contribution in [0.1, 0.15) is 17.3 Å². The Labute approximate surface area is 115 Å². The van der Waals surface area contributed by atoms with Gasteiger partial charge in [0.25, 0.3) is 0 Å². The molecule has 106 valence electrons. The summed E-state index contributed by atoms with van der Waals surface area (Å²) in [7, 11) is 0. The van der Waals surface area contributed by atoms with Gasteiger partial charge in [0.15, 0.2) is 6.04 Å². The zero-order valence-electron chi connectivity index (χ0n) is 11.0. The minimum absolute atomic E-state index is 0.0776. The van der Waals surface area contributed by atoms with Crippen LogP contribution >= 0.6 is 0 Å². The molecule has 1 atom stereocenters. The van der Waals surface area contributed by atoms with Crippen LogP contribution in [0.4, 0.5) is 5.69 Å². The molecule has 7 nitrogen and oxygen atoms in total. The first-order valence-corrected chi connectivity index (χ1v) is 6.17. The van der Waals surface area contributed by atoms with E-state index in [1.165, 1.54) is 10.9 Å². The van der Waals surface area contributed by atoms with Crippen LogP contribution in [0.15, 0.2) is 30.5 Å². The third kappa shape index (κ3) is 3.12. The molecule has 0 aliphatic heterocycles. The molecule has 1 aromatic heterocycles. The normalized spacial score (nSPS) is 12.1. The predicted molar refractivity (Wildman–Crippen MR) is 72.3 cm³/mol. The fourth-order valence-corrected chi connectivity index (χ4v) is 1.81. The molecule has 2 aromatic rings. The third-order valence-corrected chi connectivity index (χ3v) is 2.87. The van der Waals surface area contributed by atoms with E-state index in [9.17, 15) is 9.90 Å².